The average molecular weight is 388 g/mol. The fourth-order valence-corrected chi connectivity index (χ4v) is 2.78. The first-order valence-electron chi connectivity index (χ1n) is 7.65. The number of pyridine rings is 1. The predicted octanol–water partition coefficient (Wildman–Crippen LogP) is 0.606. The Morgan fingerprint density at radius 3 is 2.85 bits per heavy atom. The molecule has 0 aliphatic carbocycles. The molecular formula is C15H16N8O3S. The van der Waals surface area contributed by atoms with Gasteiger partial charge in [-0.1, -0.05) is 0 Å². The van der Waals surface area contributed by atoms with Crippen LogP contribution in [0.2, 0.25) is 0 Å². The van der Waals surface area contributed by atoms with Crippen molar-refractivity contribution in [1.29, 1.82) is 0 Å². The van der Waals surface area contributed by atoms with Crippen LogP contribution in [0.5, 0.6) is 0 Å². The van der Waals surface area contributed by atoms with Crippen LogP contribution < -0.4 is 5.32 Å². The van der Waals surface area contributed by atoms with Crippen LogP contribution in [0.1, 0.15) is 5.56 Å². The van der Waals surface area contributed by atoms with Crippen LogP contribution in [0, 0.1) is 6.92 Å². The first-order chi connectivity index (χ1) is 12.8. The minimum Gasteiger partial charge on any atom is -0.324 e. The van der Waals surface area contributed by atoms with E-state index in [0.717, 1.165) is 6.26 Å². The van der Waals surface area contributed by atoms with E-state index in [2.05, 4.69) is 37.2 Å². The van der Waals surface area contributed by atoms with Gasteiger partial charge in [-0.15, -0.1) is 0 Å². The lowest BCUT2D eigenvalue weighted by Crippen LogP contribution is -2.20. The molecule has 27 heavy (non-hydrogen) atoms. The lowest BCUT2D eigenvalue weighted by molar-refractivity contribution is -0.116. The molecule has 0 saturated carbocycles. The van der Waals surface area contributed by atoms with Gasteiger partial charge < -0.3 is 5.32 Å². The van der Waals surface area contributed by atoms with Crippen molar-refractivity contribution >= 4 is 44.8 Å². The smallest absolute Gasteiger partial charge is 0.248 e. The summed E-state index contributed by atoms with van der Waals surface area (Å²) in [5.74, 6) is -0.156. The lowest BCUT2D eigenvalue weighted by Gasteiger charge is -2.07. The minimum absolute atomic E-state index is 0.168. The summed E-state index contributed by atoms with van der Waals surface area (Å²) in [7, 11) is -3.65. The molecular weight excluding hydrogens is 372 g/mol. The van der Waals surface area contributed by atoms with Gasteiger partial charge in [0.15, 0.2) is 11.5 Å². The number of hydrogen-bond acceptors (Lipinski definition) is 7. The monoisotopic (exact) mass is 388 g/mol. The number of carbonyl (C=O) groups excluding carboxylic acids is 1. The van der Waals surface area contributed by atoms with Crippen molar-refractivity contribution < 1.29 is 13.2 Å². The largest absolute Gasteiger partial charge is 0.324 e. The molecule has 0 aliphatic heterocycles. The highest BCUT2D eigenvalue weighted by molar-refractivity contribution is 8.05. The molecule has 1 N–H and O–H groups in total. The maximum absolute atomic E-state index is 12.4. The molecule has 3 heterocycles. The number of fused-ring (bicyclic) bond motifs is 1. The van der Waals surface area contributed by atoms with Crippen molar-refractivity contribution in [3.63, 3.8) is 0 Å². The zero-order chi connectivity index (χ0) is 19.6. The molecule has 140 valence electrons. The van der Waals surface area contributed by atoms with Crippen LogP contribution in [0.25, 0.3) is 5.65 Å². The van der Waals surface area contributed by atoms with Crippen LogP contribution in [0.4, 0.5) is 11.5 Å². The van der Waals surface area contributed by atoms with Gasteiger partial charge in [-0.25, -0.2) is 27.6 Å². The van der Waals surface area contributed by atoms with Crippen molar-refractivity contribution in [2.75, 3.05) is 11.6 Å². The van der Waals surface area contributed by atoms with Crippen molar-refractivity contribution in [2.24, 2.45) is 9.98 Å². The Kier molecular flexibility index (Phi) is 4.81. The molecule has 3 aromatic rings. The standard InChI is InChI=1S/C15H16N8O3S/c1-10-7-18-23(14(10)21-15(16-2)27(3,25)26)8-13(24)20-11-4-5-22-12(6-11)17-9-19-22/h4-7,9H,2,8H2,1,3H3,(H,20,24)/b21-15+. The molecule has 0 saturated heterocycles. The van der Waals surface area contributed by atoms with E-state index in [-0.39, 0.29) is 18.3 Å². The molecule has 12 heteroatoms. The molecule has 0 bridgehead atoms. The van der Waals surface area contributed by atoms with Crippen LogP contribution in [-0.2, 0) is 21.2 Å². The number of aliphatic imine (C=N–C) groups is 2. The fraction of sp³-hybridized carbons (Fsp3) is 0.200. The topological polar surface area (TPSA) is 136 Å². The molecule has 0 unspecified atom stereocenters. The lowest BCUT2D eigenvalue weighted by atomic mass is 10.3. The van der Waals surface area contributed by atoms with Gasteiger partial charge in [0, 0.05) is 29.8 Å². The maximum Gasteiger partial charge on any atom is 0.248 e. The van der Waals surface area contributed by atoms with Crippen LogP contribution in [0.3, 0.4) is 0 Å². The number of anilines is 1. The number of carbonyl (C=O) groups is 1. The van der Waals surface area contributed by atoms with Gasteiger partial charge in [-0.05, 0) is 19.7 Å². The number of amidine groups is 1. The maximum atomic E-state index is 12.4. The average Bonchev–Trinajstić information content (AvgIpc) is 3.18. The molecule has 0 fully saturated rings. The third-order valence-corrected chi connectivity index (χ3v) is 4.40. The molecule has 11 nitrogen and oxygen atoms in total. The van der Waals surface area contributed by atoms with Crippen molar-refractivity contribution in [2.45, 2.75) is 13.5 Å². The fourth-order valence-electron chi connectivity index (χ4n) is 2.29. The Bertz CT molecular complexity index is 1160. The van der Waals surface area contributed by atoms with E-state index in [1.807, 2.05) is 0 Å². The van der Waals surface area contributed by atoms with Crippen molar-refractivity contribution in [3.05, 3.63) is 36.4 Å². The first-order valence-corrected chi connectivity index (χ1v) is 9.54. The highest BCUT2D eigenvalue weighted by Gasteiger charge is 2.16. The molecule has 0 aromatic carbocycles. The highest BCUT2D eigenvalue weighted by atomic mass is 32.2. The number of hydrogen-bond donors (Lipinski definition) is 1. The summed E-state index contributed by atoms with van der Waals surface area (Å²) in [5.41, 5.74) is 1.72. The number of aromatic nitrogens is 5. The first kappa shape index (κ1) is 18.4. The summed E-state index contributed by atoms with van der Waals surface area (Å²) in [6, 6.07) is 3.35. The Hall–Kier alpha value is -3.41. The van der Waals surface area contributed by atoms with E-state index < -0.39 is 15.0 Å². The molecule has 0 spiro atoms. The van der Waals surface area contributed by atoms with Crippen LogP contribution >= 0.6 is 0 Å². The van der Waals surface area contributed by atoms with Gasteiger partial charge in [0.25, 0.3) is 0 Å². The number of nitrogens with zero attached hydrogens (tertiary/aromatic N) is 7. The zero-order valence-electron chi connectivity index (χ0n) is 14.6. The van der Waals surface area contributed by atoms with E-state index in [4.69, 9.17) is 0 Å². The summed E-state index contributed by atoms with van der Waals surface area (Å²) in [6.07, 6.45) is 5.53. The van der Waals surface area contributed by atoms with E-state index >= 15 is 0 Å². The summed E-state index contributed by atoms with van der Waals surface area (Å²) in [4.78, 5) is 23.8. The van der Waals surface area contributed by atoms with Gasteiger partial charge >= 0.3 is 0 Å². The third-order valence-electron chi connectivity index (χ3n) is 3.51. The Morgan fingerprint density at radius 2 is 2.15 bits per heavy atom. The SMILES string of the molecule is C=N/C(=N\c1c(C)cnn1CC(=O)Nc1ccn2ncnc2c1)S(C)(=O)=O. The molecule has 1 amide bonds. The molecule has 3 aromatic heterocycles. The second-order valence-electron chi connectivity index (χ2n) is 5.66. The highest BCUT2D eigenvalue weighted by Crippen LogP contribution is 2.19. The third kappa shape index (κ3) is 4.06. The number of rotatable bonds is 4. The number of amides is 1. The Balaban J connectivity index is 1.82. The second kappa shape index (κ2) is 7.07. The summed E-state index contributed by atoms with van der Waals surface area (Å²) < 4.78 is 26.2. The Morgan fingerprint density at radius 1 is 1.37 bits per heavy atom. The molecule has 0 aliphatic rings. The van der Waals surface area contributed by atoms with E-state index in [0.29, 0.717) is 16.9 Å². The van der Waals surface area contributed by atoms with Gasteiger partial charge in [-0.2, -0.15) is 15.2 Å². The number of aryl methyl sites for hydroxylation is 1. The van der Waals surface area contributed by atoms with E-state index in [9.17, 15) is 13.2 Å². The number of sulfone groups is 1. The summed E-state index contributed by atoms with van der Waals surface area (Å²) in [5, 5.41) is 10.3. The quantitative estimate of drug-likeness (QED) is 0.513. The van der Waals surface area contributed by atoms with Gasteiger partial charge in [0.2, 0.25) is 20.9 Å². The molecule has 3 rings (SSSR count). The van der Waals surface area contributed by atoms with Crippen LogP contribution in [0.15, 0.2) is 40.8 Å². The second-order valence-corrected chi connectivity index (χ2v) is 7.57. The minimum atomic E-state index is -3.65. The van der Waals surface area contributed by atoms with Crippen LogP contribution in [-0.4, -0.2) is 56.8 Å². The van der Waals surface area contributed by atoms with Gasteiger partial charge in [0.05, 0.1) is 6.20 Å². The van der Waals surface area contributed by atoms with Crippen molar-refractivity contribution in [1.82, 2.24) is 24.4 Å². The normalized spacial score (nSPS) is 12.3. The Labute approximate surface area is 154 Å². The molecule has 0 atom stereocenters. The van der Waals surface area contributed by atoms with Gasteiger partial charge in [0.1, 0.15) is 12.9 Å². The van der Waals surface area contributed by atoms with E-state index in [1.54, 1.807) is 29.8 Å². The van der Waals surface area contributed by atoms with Gasteiger partial charge in [-0.3, -0.25) is 4.79 Å². The molecule has 0 radical (unpaired) electrons. The summed E-state index contributed by atoms with van der Waals surface area (Å²) >= 11 is 0. The predicted molar refractivity (Wildman–Crippen MR) is 100 cm³/mol. The number of nitrogens with one attached hydrogen (secondary N) is 1. The zero-order valence-corrected chi connectivity index (χ0v) is 15.4. The summed E-state index contributed by atoms with van der Waals surface area (Å²) in [6.45, 7) is 4.75. The van der Waals surface area contributed by atoms with Crippen molar-refractivity contribution in [3.8, 4) is 0 Å². The van der Waals surface area contributed by atoms with E-state index in [1.165, 1.54) is 17.2 Å².